The Hall–Kier alpha value is -5.16. The first-order valence-electron chi connectivity index (χ1n) is 17.6. The van der Waals surface area contributed by atoms with Crippen LogP contribution < -0.4 is 10.1 Å². The highest BCUT2D eigenvalue weighted by Gasteiger charge is 2.56. The molecular weight excluding hydrogens is 727 g/mol. The van der Waals surface area contributed by atoms with Crippen LogP contribution in [0.25, 0.3) is 0 Å². The van der Waals surface area contributed by atoms with Crippen LogP contribution in [0.15, 0.2) is 30.5 Å². The Morgan fingerprint density at radius 3 is 2.02 bits per heavy atom. The van der Waals surface area contributed by atoms with Crippen LogP contribution in [0.2, 0.25) is 0 Å². The van der Waals surface area contributed by atoms with Crippen molar-refractivity contribution in [3.05, 3.63) is 53.2 Å². The van der Waals surface area contributed by atoms with Gasteiger partial charge in [0.15, 0.2) is 11.5 Å². The van der Waals surface area contributed by atoms with Gasteiger partial charge in [-0.25, -0.2) is 22.6 Å². The molecular formula is C37H48F3N7O8. The van der Waals surface area contributed by atoms with E-state index in [2.05, 4.69) is 30.8 Å². The molecule has 55 heavy (non-hydrogen) atoms. The average Bonchev–Trinajstić information content (AvgIpc) is 3.45. The number of pyridine rings is 1. The van der Waals surface area contributed by atoms with Crippen LogP contribution >= 0.6 is 0 Å². The molecule has 1 N–H and O–H groups in total. The zero-order valence-electron chi connectivity index (χ0n) is 32.7. The Morgan fingerprint density at radius 2 is 1.49 bits per heavy atom. The molecule has 3 heterocycles. The Bertz CT molecular complexity index is 1850. The zero-order valence-corrected chi connectivity index (χ0v) is 32.7. The Balaban J connectivity index is 1.59. The van der Waals surface area contributed by atoms with E-state index in [9.17, 15) is 28.0 Å². The van der Waals surface area contributed by atoms with Crippen molar-refractivity contribution in [2.24, 2.45) is 0 Å². The highest BCUT2D eigenvalue weighted by atomic mass is 19.3. The fourth-order valence-corrected chi connectivity index (χ4v) is 5.43. The minimum Gasteiger partial charge on any atom is -0.490 e. The monoisotopic (exact) mass is 775 g/mol. The molecule has 3 aromatic rings. The summed E-state index contributed by atoms with van der Waals surface area (Å²) in [6, 6.07) is 5.57. The van der Waals surface area contributed by atoms with Gasteiger partial charge >= 0.3 is 17.9 Å². The van der Waals surface area contributed by atoms with E-state index in [1.54, 1.807) is 75.3 Å². The number of aryl methyl sites for hydroxylation is 1. The molecule has 1 aliphatic carbocycles. The van der Waals surface area contributed by atoms with Gasteiger partial charge in [0.25, 0.3) is 5.92 Å². The summed E-state index contributed by atoms with van der Waals surface area (Å²) in [6.45, 7) is 15.6. The Kier molecular flexibility index (Phi) is 12.3. The number of aromatic nitrogens is 6. The van der Waals surface area contributed by atoms with Crippen molar-refractivity contribution < 1.29 is 51.3 Å². The third-order valence-corrected chi connectivity index (χ3v) is 7.60. The first-order chi connectivity index (χ1) is 25.2. The molecule has 18 heteroatoms. The summed E-state index contributed by atoms with van der Waals surface area (Å²) in [4.78, 5) is 58.0. The lowest BCUT2D eigenvalue weighted by Gasteiger charge is -2.35. The van der Waals surface area contributed by atoms with E-state index in [-0.39, 0.29) is 23.6 Å². The lowest BCUT2D eigenvalue weighted by Crippen LogP contribution is -2.52. The van der Waals surface area contributed by atoms with Gasteiger partial charge in [0, 0.05) is 37.1 Å². The fraction of sp³-hybridized carbons (Fsp3) is 0.595. The molecule has 0 aromatic carbocycles. The SMILES string of the molecule is Cc1cc(OC2CC(F)(F)C2)cc(CC(=O)Nc2ccc(C(CC(F)Cn3cc(C(=O)OC(C)(C)C)nn3)(C(=O)OC(C)(C)C)C(=O)OC(C)(C)C)nn2)n1. The van der Waals surface area contributed by atoms with Crippen molar-refractivity contribution in [2.45, 2.75) is 142 Å². The van der Waals surface area contributed by atoms with E-state index in [0.717, 1.165) is 4.68 Å². The summed E-state index contributed by atoms with van der Waals surface area (Å²) in [5.41, 5.74) is -5.28. The summed E-state index contributed by atoms with van der Waals surface area (Å²) in [6.07, 6.45) is -3.35. The van der Waals surface area contributed by atoms with E-state index in [1.807, 2.05) is 0 Å². The van der Waals surface area contributed by atoms with Gasteiger partial charge in [-0.1, -0.05) is 5.21 Å². The number of alkyl halides is 3. The van der Waals surface area contributed by atoms with E-state index < -0.39 is 90.0 Å². The van der Waals surface area contributed by atoms with Crippen molar-refractivity contribution in [1.82, 2.24) is 30.2 Å². The predicted octanol–water partition coefficient (Wildman–Crippen LogP) is 5.43. The topological polar surface area (TPSA) is 187 Å². The van der Waals surface area contributed by atoms with Gasteiger partial charge in [-0.15, -0.1) is 10.2 Å². The van der Waals surface area contributed by atoms with Gasteiger partial charge in [0.05, 0.1) is 30.6 Å². The number of hydrogen-bond acceptors (Lipinski definition) is 13. The maximum atomic E-state index is 16.2. The molecule has 1 fully saturated rings. The molecule has 15 nitrogen and oxygen atoms in total. The summed E-state index contributed by atoms with van der Waals surface area (Å²) < 4.78 is 66.1. The van der Waals surface area contributed by atoms with Crippen LogP contribution in [0.1, 0.15) is 109 Å². The molecule has 0 spiro atoms. The Morgan fingerprint density at radius 1 is 0.891 bits per heavy atom. The van der Waals surface area contributed by atoms with Gasteiger partial charge in [-0.05, 0) is 81.4 Å². The number of anilines is 1. The maximum Gasteiger partial charge on any atom is 0.361 e. The molecule has 300 valence electrons. The second-order valence-corrected chi connectivity index (χ2v) is 16.5. The first kappa shape index (κ1) is 42.6. The van der Waals surface area contributed by atoms with Crippen molar-refractivity contribution >= 4 is 29.6 Å². The van der Waals surface area contributed by atoms with Crippen molar-refractivity contribution in [1.29, 1.82) is 0 Å². The second-order valence-electron chi connectivity index (χ2n) is 16.5. The number of esters is 3. The molecule has 4 rings (SSSR count). The van der Waals surface area contributed by atoms with Gasteiger partial charge < -0.3 is 24.3 Å². The normalized spacial score (nSPS) is 15.4. The van der Waals surface area contributed by atoms with Crippen LogP contribution in [0, 0.1) is 6.92 Å². The molecule has 1 unspecified atom stereocenters. The molecule has 0 saturated heterocycles. The zero-order chi connectivity index (χ0) is 41.1. The third-order valence-electron chi connectivity index (χ3n) is 7.60. The molecule has 1 amide bonds. The highest BCUT2D eigenvalue weighted by molar-refractivity contribution is 6.06. The van der Waals surface area contributed by atoms with E-state index >= 15 is 4.39 Å². The summed E-state index contributed by atoms with van der Waals surface area (Å²) in [5.74, 6) is -6.21. The number of nitrogens with one attached hydrogen (secondary N) is 1. The smallest absolute Gasteiger partial charge is 0.361 e. The lowest BCUT2D eigenvalue weighted by molar-refractivity contribution is -0.179. The largest absolute Gasteiger partial charge is 0.490 e. The van der Waals surface area contributed by atoms with Crippen molar-refractivity contribution in [3.8, 4) is 5.75 Å². The van der Waals surface area contributed by atoms with Gasteiger partial charge in [0.2, 0.25) is 11.3 Å². The van der Waals surface area contributed by atoms with Crippen LogP contribution in [0.3, 0.4) is 0 Å². The summed E-state index contributed by atoms with van der Waals surface area (Å²) in [5, 5.41) is 18.2. The molecule has 3 aromatic heterocycles. The first-order valence-corrected chi connectivity index (χ1v) is 17.6. The van der Waals surface area contributed by atoms with E-state index in [4.69, 9.17) is 18.9 Å². The number of amides is 1. The number of hydrogen-bond donors (Lipinski definition) is 1. The molecule has 1 atom stereocenters. The summed E-state index contributed by atoms with van der Waals surface area (Å²) >= 11 is 0. The average molecular weight is 776 g/mol. The minimum absolute atomic E-state index is 0.0778. The number of halogens is 3. The Labute approximate surface area is 317 Å². The van der Waals surface area contributed by atoms with Crippen molar-refractivity contribution in [3.63, 3.8) is 0 Å². The lowest BCUT2D eigenvalue weighted by atomic mass is 9.78. The van der Waals surface area contributed by atoms with Gasteiger partial charge in [-0.2, -0.15) is 5.10 Å². The van der Waals surface area contributed by atoms with Crippen LogP contribution in [0.4, 0.5) is 19.0 Å². The molecule has 1 saturated carbocycles. The highest BCUT2D eigenvalue weighted by Crippen LogP contribution is 2.40. The molecule has 1 aliphatic rings. The van der Waals surface area contributed by atoms with Crippen LogP contribution in [0.5, 0.6) is 5.75 Å². The fourth-order valence-electron chi connectivity index (χ4n) is 5.43. The minimum atomic E-state index is -2.76. The summed E-state index contributed by atoms with van der Waals surface area (Å²) in [7, 11) is 0. The second kappa shape index (κ2) is 15.9. The van der Waals surface area contributed by atoms with Gasteiger partial charge in [0.1, 0.15) is 34.8 Å². The molecule has 0 aliphatic heterocycles. The molecule has 0 radical (unpaired) electrons. The quantitative estimate of drug-likeness (QED) is 0.132. The van der Waals surface area contributed by atoms with Crippen LogP contribution in [-0.4, -0.2) is 89.0 Å². The standard InChI is InChI=1S/C37H48F3N7O8/c1-21-13-24(52-25-17-36(39,40)18-25)14-23(41-21)15-29(48)42-28-12-11-27(44-45-28)37(31(50)54-34(5,6)7,32(51)55-35(8,9)10)16-22(38)19-47-20-26(43-46-47)30(49)53-33(2,3)4/h11-14,20,22,25H,15-19H2,1-10H3,(H,42,45,48). The predicted molar refractivity (Wildman–Crippen MR) is 190 cm³/mol. The van der Waals surface area contributed by atoms with Gasteiger partial charge in [-0.3, -0.25) is 19.4 Å². The molecule has 0 bridgehead atoms. The van der Waals surface area contributed by atoms with E-state index in [1.165, 1.54) is 24.4 Å². The number of ether oxygens (including phenoxy) is 4. The van der Waals surface area contributed by atoms with Crippen molar-refractivity contribution in [2.75, 3.05) is 5.32 Å². The number of carbonyl (C=O) groups excluding carboxylic acids is 4. The maximum absolute atomic E-state index is 16.2. The number of rotatable bonds is 13. The van der Waals surface area contributed by atoms with Crippen LogP contribution in [-0.2, 0) is 47.0 Å². The third kappa shape index (κ3) is 12.2. The number of nitrogens with zero attached hydrogens (tertiary/aromatic N) is 6. The number of carbonyl (C=O) groups is 4. The van der Waals surface area contributed by atoms with E-state index in [0.29, 0.717) is 17.1 Å².